The van der Waals surface area contributed by atoms with E-state index in [4.69, 9.17) is 8.94 Å². The van der Waals surface area contributed by atoms with Crippen molar-refractivity contribution >= 4 is 11.5 Å². The van der Waals surface area contributed by atoms with Crippen molar-refractivity contribution < 1.29 is 13.7 Å². The minimum atomic E-state index is 0.0414. The van der Waals surface area contributed by atoms with E-state index >= 15 is 0 Å². The van der Waals surface area contributed by atoms with Gasteiger partial charge in [-0.25, -0.2) is 0 Å². The largest absolute Gasteiger partial charge is 0.461 e. The van der Waals surface area contributed by atoms with E-state index < -0.39 is 0 Å². The van der Waals surface area contributed by atoms with Crippen molar-refractivity contribution in [1.82, 2.24) is 5.16 Å². The van der Waals surface area contributed by atoms with Gasteiger partial charge in [0.25, 0.3) is 0 Å². The van der Waals surface area contributed by atoms with Gasteiger partial charge in [0.05, 0.1) is 6.26 Å². The average Bonchev–Trinajstić information content (AvgIpc) is 3.35. The van der Waals surface area contributed by atoms with Gasteiger partial charge in [0.2, 0.25) is 5.76 Å². The van der Waals surface area contributed by atoms with Crippen molar-refractivity contribution in [3.63, 3.8) is 0 Å². The summed E-state index contributed by atoms with van der Waals surface area (Å²) in [5.74, 6) is 1.52. The average molecular weight is 336 g/mol. The molecule has 5 heteroatoms. The predicted octanol–water partition coefficient (Wildman–Crippen LogP) is 4.42. The molecule has 4 rings (SSSR count). The van der Waals surface area contributed by atoms with Crippen molar-refractivity contribution in [3.8, 4) is 11.5 Å². The molecular weight excluding hydrogens is 316 g/mol. The van der Waals surface area contributed by atoms with Gasteiger partial charge >= 0.3 is 0 Å². The van der Waals surface area contributed by atoms with Crippen molar-refractivity contribution in [2.45, 2.75) is 19.3 Å². The van der Waals surface area contributed by atoms with Gasteiger partial charge < -0.3 is 13.8 Å². The van der Waals surface area contributed by atoms with Crippen molar-refractivity contribution in [1.29, 1.82) is 0 Å². The summed E-state index contributed by atoms with van der Waals surface area (Å²) in [6.07, 6.45) is 4.12. The summed E-state index contributed by atoms with van der Waals surface area (Å²) in [6, 6.07) is 15.7. The Labute approximate surface area is 146 Å². The van der Waals surface area contributed by atoms with Gasteiger partial charge in [-0.2, -0.15) is 0 Å². The summed E-state index contributed by atoms with van der Waals surface area (Å²) in [4.78, 5) is 14.9. The molecule has 2 aromatic heterocycles. The maximum Gasteiger partial charge on any atom is 0.202 e. The molecule has 0 spiro atoms. The van der Waals surface area contributed by atoms with Crippen LogP contribution in [0, 0.1) is 5.92 Å². The number of carbonyl (C=O) groups is 1. The molecule has 3 heterocycles. The fraction of sp³-hybridized carbons (Fsp3) is 0.300. The highest BCUT2D eigenvalue weighted by atomic mass is 16.5. The second kappa shape index (κ2) is 6.97. The van der Waals surface area contributed by atoms with Crippen LogP contribution in [0.5, 0.6) is 0 Å². The van der Waals surface area contributed by atoms with Gasteiger partial charge in [-0.05, 0) is 43.0 Å². The van der Waals surface area contributed by atoms with Crippen LogP contribution in [-0.2, 0) is 0 Å². The standard InChI is InChI=1S/C20H20N2O3/c23-18(17-14-20(25-21-17)19-7-4-12-24-19)13-15-8-10-22(11-9-15)16-5-2-1-3-6-16/h1-7,12,14-15H,8-11,13H2. The summed E-state index contributed by atoms with van der Waals surface area (Å²) in [6.45, 7) is 1.97. The normalized spacial score (nSPS) is 15.4. The quantitative estimate of drug-likeness (QED) is 0.645. The Morgan fingerprint density at radius 3 is 2.60 bits per heavy atom. The maximum absolute atomic E-state index is 12.5. The number of anilines is 1. The lowest BCUT2D eigenvalue weighted by molar-refractivity contribution is 0.0945. The topological polar surface area (TPSA) is 59.5 Å². The van der Waals surface area contributed by atoms with Crippen LogP contribution < -0.4 is 4.90 Å². The molecule has 0 amide bonds. The zero-order valence-electron chi connectivity index (χ0n) is 13.9. The molecule has 5 nitrogen and oxygen atoms in total. The third kappa shape index (κ3) is 3.50. The second-order valence-electron chi connectivity index (χ2n) is 6.45. The lowest BCUT2D eigenvalue weighted by Crippen LogP contribution is -2.34. The Morgan fingerprint density at radius 1 is 1.08 bits per heavy atom. The van der Waals surface area contributed by atoms with Crippen molar-refractivity contribution in [3.05, 3.63) is 60.5 Å². The molecule has 1 fully saturated rings. The number of benzene rings is 1. The second-order valence-corrected chi connectivity index (χ2v) is 6.45. The van der Waals surface area contributed by atoms with Crippen LogP contribution in [0.1, 0.15) is 29.8 Å². The molecule has 25 heavy (non-hydrogen) atoms. The van der Waals surface area contributed by atoms with E-state index in [1.165, 1.54) is 5.69 Å². The van der Waals surface area contributed by atoms with Crippen LogP contribution in [0.25, 0.3) is 11.5 Å². The molecular formula is C20H20N2O3. The lowest BCUT2D eigenvalue weighted by atomic mass is 9.90. The Bertz CT molecular complexity index is 816. The molecule has 1 saturated heterocycles. The minimum Gasteiger partial charge on any atom is -0.461 e. The monoisotopic (exact) mass is 336 g/mol. The van der Waals surface area contributed by atoms with Gasteiger partial charge in [0, 0.05) is 31.3 Å². The summed E-state index contributed by atoms with van der Waals surface area (Å²) < 4.78 is 10.5. The van der Waals surface area contributed by atoms with Crippen molar-refractivity contribution in [2.24, 2.45) is 5.92 Å². The van der Waals surface area contributed by atoms with E-state index in [0.717, 1.165) is 25.9 Å². The zero-order valence-corrected chi connectivity index (χ0v) is 13.9. The number of ketones is 1. The number of para-hydroxylation sites is 1. The predicted molar refractivity (Wildman–Crippen MR) is 94.5 cm³/mol. The molecule has 0 aliphatic carbocycles. The number of nitrogens with zero attached hydrogens (tertiary/aromatic N) is 2. The van der Waals surface area contributed by atoms with E-state index in [2.05, 4.69) is 34.3 Å². The van der Waals surface area contributed by atoms with E-state index in [9.17, 15) is 4.79 Å². The first-order valence-electron chi connectivity index (χ1n) is 8.63. The Morgan fingerprint density at radius 2 is 1.88 bits per heavy atom. The van der Waals surface area contributed by atoms with Gasteiger partial charge in [0.15, 0.2) is 11.5 Å². The number of carbonyl (C=O) groups excluding carboxylic acids is 1. The summed E-state index contributed by atoms with van der Waals surface area (Å²) in [5.41, 5.74) is 1.64. The highest BCUT2D eigenvalue weighted by molar-refractivity contribution is 5.95. The molecule has 1 aromatic carbocycles. The fourth-order valence-electron chi connectivity index (χ4n) is 3.34. The van der Waals surface area contributed by atoms with Crippen LogP contribution in [-0.4, -0.2) is 24.0 Å². The molecule has 0 unspecified atom stereocenters. The SMILES string of the molecule is O=C(CC1CCN(c2ccccc2)CC1)c1cc(-c2ccco2)on1. The number of hydrogen-bond acceptors (Lipinski definition) is 5. The molecule has 1 aliphatic heterocycles. The van der Waals surface area contributed by atoms with E-state index in [1.807, 2.05) is 6.07 Å². The Kier molecular flexibility index (Phi) is 4.37. The number of rotatable bonds is 5. The Hall–Kier alpha value is -2.82. The van der Waals surface area contributed by atoms with Crippen molar-refractivity contribution in [2.75, 3.05) is 18.0 Å². The first-order chi connectivity index (χ1) is 12.3. The highest BCUT2D eigenvalue weighted by Gasteiger charge is 2.24. The summed E-state index contributed by atoms with van der Waals surface area (Å²) in [7, 11) is 0. The smallest absolute Gasteiger partial charge is 0.202 e. The van der Waals surface area contributed by atoms with Gasteiger partial charge in [-0.1, -0.05) is 23.4 Å². The molecule has 128 valence electrons. The van der Waals surface area contributed by atoms with Crippen LogP contribution in [0.3, 0.4) is 0 Å². The molecule has 0 N–H and O–H groups in total. The van der Waals surface area contributed by atoms with Gasteiger partial charge in [-0.15, -0.1) is 0 Å². The first-order valence-corrected chi connectivity index (χ1v) is 8.63. The number of piperidine rings is 1. The molecule has 0 saturated carbocycles. The number of aromatic nitrogens is 1. The summed E-state index contributed by atoms with van der Waals surface area (Å²) >= 11 is 0. The van der Waals surface area contributed by atoms with E-state index in [1.54, 1.807) is 24.5 Å². The number of furan rings is 1. The maximum atomic E-state index is 12.5. The van der Waals surface area contributed by atoms with E-state index in [-0.39, 0.29) is 5.78 Å². The van der Waals surface area contributed by atoms with Crippen LogP contribution in [0.2, 0.25) is 0 Å². The number of hydrogen-bond donors (Lipinski definition) is 0. The van der Waals surface area contributed by atoms with Crippen LogP contribution >= 0.6 is 0 Å². The van der Waals surface area contributed by atoms with Gasteiger partial charge in [-0.3, -0.25) is 4.79 Å². The number of Topliss-reactive ketones (excluding diaryl/α,β-unsaturated/α-hetero) is 1. The molecule has 0 atom stereocenters. The zero-order chi connectivity index (χ0) is 17.1. The fourth-order valence-corrected chi connectivity index (χ4v) is 3.34. The molecule has 3 aromatic rings. The minimum absolute atomic E-state index is 0.0414. The summed E-state index contributed by atoms with van der Waals surface area (Å²) in [5, 5.41) is 3.91. The first kappa shape index (κ1) is 15.7. The molecule has 0 radical (unpaired) electrons. The van der Waals surface area contributed by atoms with Gasteiger partial charge in [0.1, 0.15) is 5.69 Å². The lowest BCUT2D eigenvalue weighted by Gasteiger charge is -2.33. The van der Waals surface area contributed by atoms with Crippen LogP contribution in [0.15, 0.2) is 63.7 Å². The Balaban J connectivity index is 1.33. The van der Waals surface area contributed by atoms with E-state index in [0.29, 0.717) is 29.6 Å². The van der Waals surface area contributed by atoms with Crippen LogP contribution in [0.4, 0.5) is 5.69 Å². The third-order valence-corrected chi connectivity index (χ3v) is 4.77. The third-order valence-electron chi connectivity index (χ3n) is 4.77. The molecule has 0 bridgehead atoms. The highest BCUT2D eigenvalue weighted by Crippen LogP contribution is 2.27. The molecule has 1 aliphatic rings.